The summed E-state index contributed by atoms with van der Waals surface area (Å²) in [6.07, 6.45) is 0.947. The second-order valence-electron chi connectivity index (χ2n) is 3.15. The van der Waals surface area contributed by atoms with Crippen LogP contribution in [0.5, 0.6) is 5.88 Å². The maximum atomic E-state index is 10.9. The number of rotatable bonds is 7. The van der Waals surface area contributed by atoms with Crippen LogP contribution >= 0.6 is 0 Å². The minimum absolute atomic E-state index is 0.124. The topological polar surface area (TPSA) is 112 Å². The zero-order valence-corrected chi connectivity index (χ0v) is 9.66. The predicted octanol–water partition coefficient (Wildman–Crippen LogP) is 1.10. The third-order valence-electron chi connectivity index (χ3n) is 1.95. The van der Waals surface area contributed by atoms with Crippen LogP contribution in [-0.2, 0) is 4.74 Å². The van der Waals surface area contributed by atoms with E-state index in [9.17, 15) is 14.9 Å². The van der Waals surface area contributed by atoms with E-state index in [1.807, 2.05) is 6.92 Å². The lowest BCUT2D eigenvalue weighted by Gasteiger charge is -2.07. The van der Waals surface area contributed by atoms with E-state index < -0.39 is 16.6 Å². The van der Waals surface area contributed by atoms with Crippen molar-refractivity contribution in [3.63, 3.8) is 0 Å². The summed E-state index contributed by atoms with van der Waals surface area (Å²) in [4.78, 5) is 24.3. The van der Waals surface area contributed by atoms with Gasteiger partial charge >= 0.3 is 5.97 Å². The molecule has 0 radical (unpaired) electrons. The Hall–Kier alpha value is -2.22. The second-order valence-corrected chi connectivity index (χ2v) is 3.15. The lowest BCUT2D eigenvalue weighted by Crippen LogP contribution is -2.11. The molecule has 0 aliphatic carbocycles. The van der Waals surface area contributed by atoms with Gasteiger partial charge in [-0.1, -0.05) is 0 Å². The van der Waals surface area contributed by atoms with Crippen molar-refractivity contribution >= 4 is 11.7 Å². The van der Waals surface area contributed by atoms with Crippen molar-refractivity contribution in [2.75, 3.05) is 19.8 Å². The lowest BCUT2D eigenvalue weighted by molar-refractivity contribution is -0.385. The highest BCUT2D eigenvalue weighted by Crippen LogP contribution is 2.20. The van der Waals surface area contributed by atoms with Gasteiger partial charge in [0.15, 0.2) is 0 Å². The molecule has 1 N–H and O–H groups in total. The lowest BCUT2D eigenvalue weighted by atomic mass is 10.2. The number of nitro groups is 1. The van der Waals surface area contributed by atoms with Crippen molar-refractivity contribution in [2.24, 2.45) is 0 Å². The van der Waals surface area contributed by atoms with Gasteiger partial charge in [0.05, 0.1) is 11.5 Å². The predicted molar refractivity (Wildman–Crippen MR) is 59.8 cm³/mol. The summed E-state index contributed by atoms with van der Waals surface area (Å²) in [6.45, 7) is 2.74. The van der Waals surface area contributed by atoms with E-state index in [0.717, 1.165) is 12.3 Å². The minimum atomic E-state index is -1.34. The average molecular weight is 256 g/mol. The van der Waals surface area contributed by atoms with E-state index in [4.69, 9.17) is 14.6 Å². The van der Waals surface area contributed by atoms with Crippen molar-refractivity contribution in [1.82, 2.24) is 4.98 Å². The van der Waals surface area contributed by atoms with Crippen molar-refractivity contribution < 1.29 is 24.3 Å². The maximum absolute atomic E-state index is 10.9. The van der Waals surface area contributed by atoms with Crippen LogP contribution in [0.4, 0.5) is 5.69 Å². The Morgan fingerprint density at radius 3 is 2.83 bits per heavy atom. The summed E-state index contributed by atoms with van der Waals surface area (Å²) in [5.74, 6) is -1.49. The molecule has 1 heterocycles. The van der Waals surface area contributed by atoms with Crippen molar-refractivity contribution in [2.45, 2.75) is 6.92 Å². The largest absolute Gasteiger partial charge is 0.477 e. The zero-order chi connectivity index (χ0) is 13.5. The molecule has 0 amide bonds. The number of aromatic carboxylic acids is 1. The Balaban J connectivity index is 2.83. The van der Waals surface area contributed by atoms with Gasteiger partial charge in [-0.2, -0.15) is 0 Å². The van der Waals surface area contributed by atoms with Crippen LogP contribution in [0.3, 0.4) is 0 Å². The Bertz CT molecular complexity index is 448. The van der Waals surface area contributed by atoms with Gasteiger partial charge in [-0.05, 0) is 6.92 Å². The molecule has 98 valence electrons. The summed E-state index contributed by atoms with van der Waals surface area (Å²) < 4.78 is 10.1. The number of carboxylic acids is 1. The molecule has 0 aromatic carbocycles. The number of pyridine rings is 1. The number of carbonyl (C=O) groups is 1. The van der Waals surface area contributed by atoms with Crippen LogP contribution in [0.25, 0.3) is 0 Å². The first-order chi connectivity index (χ1) is 8.56. The average Bonchev–Trinajstić information content (AvgIpc) is 2.34. The Labute approximate surface area is 102 Å². The molecular formula is C10H12N2O6. The maximum Gasteiger partial charge on any atom is 0.341 e. The summed E-state index contributed by atoms with van der Waals surface area (Å²) in [7, 11) is 0. The number of carboxylic acid groups (broad SMARTS) is 1. The Morgan fingerprint density at radius 2 is 2.28 bits per heavy atom. The van der Waals surface area contributed by atoms with Crippen LogP contribution in [0.1, 0.15) is 17.3 Å². The molecule has 0 bridgehead atoms. The monoisotopic (exact) mass is 256 g/mol. The van der Waals surface area contributed by atoms with Crippen LogP contribution in [-0.4, -0.2) is 40.8 Å². The van der Waals surface area contributed by atoms with Gasteiger partial charge in [0, 0.05) is 12.7 Å². The molecule has 0 saturated carbocycles. The molecule has 8 heteroatoms. The smallest absolute Gasteiger partial charge is 0.341 e. The number of ether oxygens (including phenoxy) is 2. The van der Waals surface area contributed by atoms with Gasteiger partial charge in [-0.25, -0.2) is 9.78 Å². The van der Waals surface area contributed by atoms with E-state index >= 15 is 0 Å². The Morgan fingerprint density at radius 1 is 1.56 bits per heavy atom. The van der Waals surface area contributed by atoms with Gasteiger partial charge in [0.1, 0.15) is 18.4 Å². The van der Waals surface area contributed by atoms with E-state index in [0.29, 0.717) is 6.61 Å². The quantitative estimate of drug-likeness (QED) is 0.441. The fraction of sp³-hybridized carbons (Fsp3) is 0.400. The first-order valence-electron chi connectivity index (χ1n) is 5.14. The number of aromatic nitrogens is 1. The van der Waals surface area contributed by atoms with E-state index in [-0.39, 0.29) is 24.7 Å². The molecule has 0 fully saturated rings. The number of nitrogens with zero attached hydrogens (tertiary/aromatic N) is 2. The molecule has 0 unspecified atom stereocenters. The van der Waals surface area contributed by atoms with Gasteiger partial charge in [0.2, 0.25) is 5.88 Å². The third kappa shape index (κ3) is 3.67. The van der Waals surface area contributed by atoms with E-state index in [1.54, 1.807) is 0 Å². The second kappa shape index (κ2) is 6.50. The highest BCUT2D eigenvalue weighted by atomic mass is 16.6. The molecular weight excluding hydrogens is 244 g/mol. The van der Waals surface area contributed by atoms with Crippen molar-refractivity contribution in [1.29, 1.82) is 0 Å². The molecule has 18 heavy (non-hydrogen) atoms. The van der Waals surface area contributed by atoms with Crippen LogP contribution < -0.4 is 4.74 Å². The van der Waals surface area contributed by atoms with Gasteiger partial charge in [-0.3, -0.25) is 10.1 Å². The van der Waals surface area contributed by atoms with E-state index in [1.165, 1.54) is 0 Å². The molecule has 0 aliphatic heterocycles. The zero-order valence-electron chi connectivity index (χ0n) is 9.66. The fourth-order valence-corrected chi connectivity index (χ4v) is 1.15. The third-order valence-corrected chi connectivity index (χ3v) is 1.95. The standard InChI is InChI=1S/C10H12N2O6/c1-2-17-3-4-18-9-8(10(13)14)5-7(6-11-9)12(15)16/h5-6H,2-4H2,1H3,(H,13,14). The molecule has 0 atom stereocenters. The summed E-state index contributed by atoms with van der Waals surface area (Å²) >= 11 is 0. The van der Waals surface area contributed by atoms with Crippen molar-refractivity contribution in [3.05, 3.63) is 27.9 Å². The van der Waals surface area contributed by atoms with Crippen molar-refractivity contribution in [3.8, 4) is 5.88 Å². The van der Waals surface area contributed by atoms with Gasteiger partial charge in [0.25, 0.3) is 5.69 Å². The number of hydrogen-bond donors (Lipinski definition) is 1. The molecule has 0 saturated heterocycles. The normalized spacial score (nSPS) is 10.1. The molecule has 8 nitrogen and oxygen atoms in total. The van der Waals surface area contributed by atoms with Crippen LogP contribution in [0, 0.1) is 10.1 Å². The van der Waals surface area contributed by atoms with Crippen LogP contribution in [0.15, 0.2) is 12.3 Å². The summed E-state index contributed by atoms with van der Waals surface area (Å²) in [5.41, 5.74) is -0.745. The summed E-state index contributed by atoms with van der Waals surface area (Å²) in [6, 6.07) is 0.908. The fourth-order valence-electron chi connectivity index (χ4n) is 1.15. The molecule has 0 spiro atoms. The molecule has 1 aromatic rings. The highest BCUT2D eigenvalue weighted by Gasteiger charge is 2.18. The molecule has 0 aliphatic rings. The number of hydrogen-bond acceptors (Lipinski definition) is 6. The van der Waals surface area contributed by atoms with E-state index in [2.05, 4.69) is 4.98 Å². The van der Waals surface area contributed by atoms with Crippen LogP contribution in [0.2, 0.25) is 0 Å². The highest BCUT2D eigenvalue weighted by molar-refractivity contribution is 5.90. The summed E-state index contributed by atoms with van der Waals surface area (Å²) in [5, 5.41) is 19.4. The van der Waals surface area contributed by atoms with Gasteiger partial charge < -0.3 is 14.6 Å². The van der Waals surface area contributed by atoms with Gasteiger partial charge in [-0.15, -0.1) is 0 Å². The minimum Gasteiger partial charge on any atom is -0.477 e. The molecule has 1 aromatic heterocycles. The molecule has 1 rings (SSSR count). The first-order valence-corrected chi connectivity index (χ1v) is 5.14. The first kappa shape index (κ1) is 13.8. The SMILES string of the molecule is CCOCCOc1ncc([N+](=O)[O-])cc1C(=O)O. The Kier molecular flexibility index (Phi) is 5.00.